The number of benzene rings is 6. The normalized spacial score (nSPS) is 13.4. The first-order valence-corrected chi connectivity index (χ1v) is 50.1. The average Bonchev–Trinajstić information content (AvgIpc) is 0.691. The van der Waals surface area contributed by atoms with Gasteiger partial charge in [-0.15, -0.1) is 15.3 Å². The third kappa shape index (κ3) is 16.7. The Morgan fingerprint density at radius 1 is 0.200 bits per heavy atom. The van der Waals surface area contributed by atoms with Gasteiger partial charge in [-0.3, -0.25) is 0 Å². The van der Waals surface area contributed by atoms with Crippen LogP contribution in [0.4, 0.5) is 0 Å². The van der Waals surface area contributed by atoms with Crippen molar-refractivity contribution in [1.29, 1.82) is 0 Å². The van der Waals surface area contributed by atoms with Gasteiger partial charge >= 0.3 is 0 Å². The topological polar surface area (TPSA) is 0 Å². The van der Waals surface area contributed by atoms with Gasteiger partial charge in [0, 0.05) is 14.8 Å². The molecular weight excluding hydrogens is 1270 g/mol. The van der Waals surface area contributed by atoms with E-state index in [4.69, 9.17) is 15.3 Å². The predicted octanol–water partition coefficient (Wildman–Crippen LogP) is 24.7. The molecule has 1 radical (unpaired) electrons. The molecule has 6 aromatic rings. The standard InChI is InChI=1S/C90H138BrSi4/c1-49(2)67-37-73(55(13)14)85(74(38-67)56(15)16)92(86-75(57(17)18)39-68(50(3)4)40-76(86)58(19)20)93(87-77(59(21)22)41-69(51(5)6)42-78(87)60(23)24)94(88-79(61(25)26)43-70(52(7)8)44-80(88)62(27)28)95(91,89-81(63(29)30)45-71(53(9)10)46-82(89)64(31)32)90-83(65(33)34)47-72(54(11)12)48-84(90)66(35)36/h37-66H,1-36H3/b94-93+. The summed E-state index contributed by atoms with van der Waals surface area (Å²) in [5.41, 5.74) is 28.4. The number of halogens is 1. The molecule has 0 N–H and O–H groups in total. The minimum Gasteiger partial charge on any atom is -0.114 e. The van der Waals surface area contributed by atoms with E-state index < -0.39 is 29.3 Å². The van der Waals surface area contributed by atoms with Crippen molar-refractivity contribution >= 4 is 75.8 Å². The first-order chi connectivity index (χ1) is 43.9. The first kappa shape index (κ1) is 80.6. The van der Waals surface area contributed by atoms with Crippen molar-refractivity contribution < 1.29 is 0 Å². The Labute approximate surface area is 600 Å². The van der Waals surface area contributed by atoms with Crippen molar-refractivity contribution in [3.05, 3.63) is 173 Å². The van der Waals surface area contributed by atoms with Crippen LogP contribution < -0.4 is 31.1 Å². The number of hydrogen-bond acceptors (Lipinski definition) is 0. The second-order valence-electron chi connectivity index (χ2n) is 35.0. The summed E-state index contributed by atoms with van der Waals surface area (Å²) in [5, 5.41) is 10.6. The van der Waals surface area contributed by atoms with E-state index in [1.54, 1.807) is 92.7 Å². The molecule has 0 aliphatic carbocycles. The molecule has 95 heavy (non-hydrogen) atoms. The molecule has 5 heteroatoms. The van der Waals surface area contributed by atoms with Gasteiger partial charge in [-0.2, -0.15) is 0 Å². The van der Waals surface area contributed by atoms with Crippen molar-refractivity contribution in [3.63, 3.8) is 0 Å². The molecule has 0 aliphatic rings. The van der Waals surface area contributed by atoms with Gasteiger partial charge in [-0.05, 0) is 238 Å². The Kier molecular flexibility index (Phi) is 27.6. The Hall–Kier alpha value is -3.33. The summed E-state index contributed by atoms with van der Waals surface area (Å²) in [7, 11) is -6.10. The zero-order chi connectivity index (χ0) is 72.0. The van der Waals surface area contributed by atoms with Crippen molar-refractivity contribution in [2.45, 2.75) is 356 Å². The summed E-state index contributed by atoms with van der Waals surface area (Å²) in [6.45, 7) is 91.6. The minimum atomic E-state index is -3.59. The van der Waals surface area contributed by atoms with Crippen LogP contribution in [0.15, 0.2) is 72.8 Å². The Morgan fingerprint density at radius 3 is 0.505 bits per heavy atom. The van der Waals surface area contributed by atoms with Gasteiger partial charge in [-0.25, -0.2) is 0 Å². The van der Waals surface area contributed by atoms with E-state index in [-0.39, 0.29) is 47.3 Å². The van der Waals surface area contributed by atoms with Gasteiger partial charge in [0.25, 0.3) is 0 Å². The fourth-order valence-corrected chi connectivity index (χ4v) is 77.1. The largest absolute Gasteiger partial charge is 0.199 e. The van der Waals surface area contributed by atoms with Crippen molar-refractivity contribution in [2.75, 3.05) is 0 Å². The Bertz CT molecular complexity index is 3350. The average molecular weight is 1410 g/mol. The van der Waals surface area contributed by atoms with E-state index >= 15 is 0 Å². The molecule has 0 aliphatic heterocycles. The summed E-state index contributed by atoms with van der Waals surface area (Å²) in [6.07, 6.45) is -3.59. The highest BCUT2D eigenvalue weighted by molar-refractivity contribution is 9.28. The molecule has 0 amide bonds. The highest BCUT2D eigenvalue weighted by atomic mass is 79.9. The summed E-state index contributed by atoms with van der Waals surface area (Å²) >= 11 is 5.97. The maximum atomic E-state index is 5.97. The van der Waals surface area contributed by atoms with Crippen molar-refractivity contribution in [2.24, 2.45) is 0 Å². The molecule has 0 bridgehead atoms. The quantitative estimate of drug-likeness (QED) is 0.0375. The lowest BCUT2D eigenvalue weighted by atomic mass is 9.89. The van der Waals surface area contributed by atoms with Crippen LogP contribution in [-0.4, -0.2) is 29.3 Å². The molecule has 6 aromatic carbocycles. The van der Waals surface area contributed by atoms with Crippen LogP contribution in [0.5, 0.6) is 0 Å². The molecule has 0 saturated carbocycles. The second kappa shape index (κ2) is 32.5. The third-order valence-electron chi connectivity index (χ3n) is 21.3. The smallest absolute Gasteiger partial charge is 0.114 e. The van der Waals surface area contributed by atoms with Gasteiger partial charge < -0.3 is 0 Å². The molecule has 521 valence electrons. The zero-order valence-electron chi connectivity index (χ0n) is 67.7. The van der Waals surface area contributed by atoms with E-state index in [1.807, 2.05) is 5.19 Å². The predicted molar refractivity (Wildman–Crippen MR) is 442 cm³/mol. The first-order valence-electron chi connectivity index (χ1n) is 38.3. The summed E-state index contributed by atoms with van der Waals surface area (Å²) in [4.78, 5) is 0. The van der Waals surface area contributed by atoms with E-state index in [0.29, 0.717) is 59.2 Å². The molecule has 0 unspecified atom stereocenters. The highest BCUT2D eigenvalue weighted by Crippen LogP contribution is 2.40. The number of rotatable bonds is 26. The lowest BCUT2D eigenvalue weighted by molar-refractivity contribution is 0.809. The Balaban J connectivity index is 2.55. The summed E-state index contributed by atoms with van der Waals surface area (Å²) in [6, 6.07) is 33.6. The van der Waals surface area contributed by atoms with E-state index in [9.17, 15) is 0 Å². The minimum absolute atomic E-state index is 0.279. The van der Waals surface area contributed by atoms with Crippen LogP contribution in [0.3, 0.4) is 0 Å². The summed E-state index contributed by atoms with van der Waals surface area (Å²) in [5.74, 6) is 5.79. The van der Waals surface area contributed by atoms with Crippen LogP contribution >= 0.6 is 15.3 Å². The van der Waals surface area contributed by atoms with Crippen LogP contribution in [0, 0.1) is 0 Å². The lowest BCUT2D eigenvalue weighted by Gasteiger charge is -2.44. The van der Waals surface area contributed by atoms with Crippen LogP contribution in [-0.2, 0) is 0 Å². The number of hydrogen-bond donors (Lipinski definition) is 0. The molecular formula is C90H138BrSi4. The fraction of sp³-hybridized carbons (Fsp3) is 0.600. The third-order valence-corrected chi connectivity index (χ3v) is 62.5. The van der Waals surface area contributed by atoms with Crippen LogP contribution in [0.1, 0.15) is 456 Å². The van der Waals surface area contributed by atoms with Crippen molar-refractivity contribution in [3.8, 4) is 0 Å². The highest BCUT2D eigenvalue weighted by Gasteiger charge is 2.53. The van der Waals surface area contributed by atoms with Gasteiger partial charge in [0.2, 0.25) is 0 Å². The van der Waals surface area contributed by atoms with Gasteiger partial charge in [0.15, 0.2) is 6.21 Å². The summed E-state index contributed by atoms with van der Waals surface area (Å²) < 4.78 is 0. The SMILES string of the molecule is CC(C)c1cc(C(C)C)c([Si](c2c(C(C)C)cc(C(C)C)cc2C(C)C)/[Si](c2c(C(C)C)cc(C(C)C)cc2C(C)C)=[Si](\c2c(C(C)C)cc(C(C)C)cc2C(C)C)[Si](Br)(c2c(C(C)C)cc(C(C)C)cc2C(C)C)c2c(C(C)C)cc(C(C)C)cc2C(C)C)c(C(C)C)c1. The molecule has 0 spiro atoms. The van der Waals surface area contributed by atoms with Gasteiger partial charge in [0.05, 0.1) is 0 Å². The molecule has 0 fully saturated rings. The van der Waals surface area contributed by atoms with Crippen LogP contribution in [0.2, 0.25) is 0 Å². The van der Waals surface area contributed by atoms with E-state index in [2.05, 4.69) is 322 Å². The maximum Gasteiger partial charge on any atom is 0.199 e. The molecule has 0 heterocycles. The lowest BCUT2D eigenvalue weighted by Crippen LogP contribution is -2.76. The van der Waals surface area contributed by atoms with E-state index in [0.717, 1.165) is 0 Å². The maximum absolute atomic E-state index is 5.97. The van der Waals surface area contributed by atoms with Gasteiger partial charge in [-0.1, -0.05) is 322 Å². The molecule has 0 saturated heterocycles. The van der Waals surface area contributed by atoms with Gasteiger partial charge in [0.1, 0.15) is 8.31 Å². The monoisotopic (exact) mass is 1410 g/mol. The molecule has 0 aromatic heterocycles. The van der Waals surface area contributed by atoms with Crippen LogP contribution in [0.25, 0.3) is 0 Å². The van der Waals surface area contributed by atoms with E-state index in [1.165, 1.54) is 33.4 Å². The molecule has 0 nitrogen and oxygen atoms in total. The Morgan fingerprint density at radius 2 is 0.347 bits per heavy atom. The zero-order valence-corrected chi connectivity index (χ0v) is 73.3. The fourth-order valence-electron chi connectivity index (χ4n) is 15.3. The molecule has 6 rings (SSSR count). The second-order valence-corrected chi connectivity index (χ2v) is 60.1. The van der Waals surface area contributed by atoms with Crippen molar-refractivity contribution in [1.82, 2.24) is 0 Å². The molecule has 0 atom stereocenters.